The molecule has 5 N–H and O–H groups in total. The number of carbonyl (C=O) groups excluding carboxylic acids is 2. The maximum Gasteiger partial charge on any atom is 0.410 e. The maximum absolute atomic E-state index is 12.9. The van der Waals surface area contributed by atoms with Crippen molar-refractivity contribution < 1.29 is 51.5 Å². The number of hydrogen-bond donors (Lipinski definition) is 4. The van der Waals surface area contributed by atoms with Crippen molar-refractivity contribution in [2.75, 3.05) is 52.0 Å². The molecule has 2 amide bonds. The fourth-order valence-electron chi connectivity index (χ4n) is 13.6. The number of likely N-dealkylation sites (tertiary alicyclic amines) is 2. The van der Waals surface area contributed by atoms with Gasteiger partial charge in [0.05, 0.1) is 62.7 Å². The van der Waals surface area contributed by atoms with E-state index in [0.717, 1.165) is 114 Å². The minimum Gasteiger partial charge on any atom is -1.00 e. The molecule has 90 heavy (non-hydrogen) atoms. The number of benzene rings is 5. The Hall–Kier alpha value is -5.74. The molecular weight excluding hydrogens is 1180 g/mol. The minimum absolute atomic E-state index is 0. The van der Waals surface area contributed by atoms with E-state index >= 15 is 0 Å². The first kappa shape index (κ1) is 71.7. The number of rotatable bonds is 20. The van der Waals surface area contributed by atoms with E-state index in [-0.39, 0.29) is 84.6 Å². The van der Waals surface area contributed by atoms with Crippen LogP contribution in [0.3, 0.4) is 0 Å². The van der Waals surface area contributed by atoms with Gasteiger partial charge in [-0.2, -0.15) is 0 Å². The van der Waals surface area contributed by atoms with Crippen LogP contribution in [0.25, 0.3) is 0 Å². The molecule has 0 spiro atoms. The SMILES string of the molecule is C.C.CS(=O)(=O)N[C@H]1CCN(C(=O)OCc2ccccc2)C1COC1CCC(c2ccccc2)CC1.CS(=O)(=O)N[C@H]1CCNC1COC1CCC(c2ccccc2)CC1.N[C@H]1CCN(C(=O)OCc2ccccc2)C1COC1CCC(c2ccccc2)CC1.[2H-]. The van der Waals surface area contributed by atoms with Crippen LogP contribution < -0.4 is 20.5 Å². The Morgan fingerprint density at radius 1 is 0.467 bits per heavy atom. The third kappa shape index (κ3) is 22.5. The second kappa shape index (κ2) is 35.9. The molecule has 3 saturated carbocycles. The molecule has 3 aliphatic carbocycles. The Balaban J connectivity index is 0.000000216. The summed E-state index contributed by atoms with van der Waals surface area (Å²) in [5.41, 5.74) is 12.4. The predicted octanol–water partition coefficient (Wildman–Crippen LogP) is 11.9. The predicted molar refractivity (Wildman–Crippen MR) is 358 cm³/mol. The quantitative estimate of drug-likeness (QED) is 0.0571. The number of nitrogens with one attached hydrogen (secondary N) is 3. The summed E-state index contributed by atoms with van der Waals surface area (Å²) in [6, 6.07) is 50.4. The molecule has 6 aliphatic rings. The van der Waals surface area contributed by atoms with Gasteiger partial charge >= 0.3 is 12.2 Å². The lowest BCUT2D eigenvalue weighted by Gasteiger charge is -2.32. The second-order valence-electron chi connectivity index (χ2n) is 24.8. The lowest BCUT2D eigenvalue weighted by atomic mass is 9.83. The van der Waals surface area contributed by atoms with Crippen LogP contribution >= 0.6 is 0 Å². The van der Waals surface area contributed by atoms with Gasteiger partial charge in [-0.15, -0.1) is 0 Å². The van der Waals surface area contributed by atoms with Crippen LogP contribution in [-0.2, 0) is 56.9 Å². The van der Waals surface area contributed by atoms with Gasteiger partial charge < -0.3 is 46.0 Å². The van der Waals surface area contributed by atoms with Gasteiger partial charge in [0, 0.05) is 37.3 Å². The number of carbonyl (C=O) groups is 2. The van der Waals surface area contributed by atoms with Crippen LogP contribution in [0, 0.1) is 0 Å². The van der Waals surface area contributed by atoms with Crippen molar-refractivity contribution in [3.63, 3.8) is 0 Å². The summed E-state index contributed by atoms with van der Waals surface area (Å²) in [6.07, 6.45) is 17.3. The van der Waals surface area contributed by atoms with E-state index in [1.807, 2.05) is 66.7 Å². The summed E-state index contributed by atoms with van der Waals surface area (Å²) in [5, 5.41) is 3.35. The van der Waals surface area contributed by atoms with Crippen molar-refractivity contribution in [2.45, 2.75) is 197 Å². The van der Waals surface area contributed by atoms with E-state index in [9.17, 15) is 26.4 Å². The zero-order valence-electron chi connectivity index (χ0n) is 52.4. The van der Waals surface area contributed by atoms with Crippen LogP contribution in [0.2, 0.25) is 0 Å². The Morgan fingerprint density at radius 3 is 1.21 bits per heavy atom. The number of ether oxygens (including phenoxy) is 5. The molecule has 19 heteroatoms. The Kier molecular flexibility index (Phi) is 28.6. The van der Waals surface area contributed by atoms with Crippen LogP contribution in [0.5, 0.6) is 0 Å². The molecule has 6 atom stereocenters. The first-order valence-corrected chi connectivity index (χ1v) is 35.8. The first-order chi connectivity index (χ1) is 42.6. The summed E-state index contributed by atoms with van der Waals surface area (Å²) < 4.78 is 81.7. The molecule has 5 aromatic rings. The average molecular weight is 1280 g/mol. The molecule has 3 unspecified atom stereocenters. The number of nitrogens with two attached hydrogens (primary N) is 1. The molecule has 496 valence electrons. The van der Waals surface area contributed by atoms with Crippen LogP contribution in [0.15, 0.2) is 152 Å². The summed E-state index contributed by atoms with van der Waals surface area (Å²) in [4.78, 5) is 28.8. The van der Waals surface area contributed by atoms with E-state index in [2.05, 4.69) is 99.7 Å². The summed E-state index contributed by atoms with van der Waals surface area (Å²) in [5.74, 6) is 1.83. The molecule has 11 rings (SSSR count). The number of amides is 2. The van der Waals surface area contributed by atoms with Crippen molar-refractivity contribution in [1.82, 2.24) is 24.6 Å². The van der Waals surface area contributed by atoms with Gasteiger partial charge in [-0.1, -0.05) is 167 Å². The summed E-state index contributed by atoms with van der Waals surface area (Å²) >= 11 is 0. The highest BCUT2D eigenvalue weighted by Gasteiger charge is 2.41. The lowest BCUT2D eigenvalue weighted by Crippen LogP contribution is -2.49. The third-order valence-electron chi connectivity index (χ3n) is 18.5. The molecule has 3 aliphatic heterocycles. The number of hydrogen-bond acceptors (Lipinski definition) is 13. The number of sulfonamides is 2. The standard InChI is InChI=1S/C26H34N2O5S.C25H32N2O3.C18H28N2O3S.2CH4.H/c1-34(30,31)27-24-16-17-28(26(29)33-18-20-8-4-2-5-9-20)25(24)19-32-23-14-12-22(13-15-23)21-10-6-3-7-11-21;26-23-15-16-27(25(28)30-17-19-7-3-1-4-8-19)24(23)18-29-22-13-11-21(12-14-22)20-9-5-2-6-10-20;1-24(21,22)20-17-11-12-19-18(17)13-23-16-9-7-15(8-10-16)14-5-3-2-4-6-14;;;/h2-11,22-25,27H,12-19H2,1H3;1-10,21-24H,11-18,26H2;2-6,15-20H,7-13H2,1H3;2*1H4;/q;;;;;-1/t22?,23?,24-,25?;21?,22?,23-,24?;15?,16?,17-,18?;;;/m000.../s1/i;;;;;1+1. The van der Waals surface area contributed by atoms with Gasteiger partial charge in [-0.05, 0) is 148 Å². The van der Waals surface area contributed by atoms with Gasteiger partial charge in [0.1, 0.15) is 13.2 Å². The lowest BCUT2D eigenvalue weighted by molar-refractivity contribution is -0.00748. The highest BCUT2D eigenvalue weighted by molar-refractivity contribution is 7.89. The largest absolute Gasteiger partial charge is 1.00 e. The molecule has 3 heterocycles. The first-order valence-electron chi connectivity index (χ1n) is 32.0. The van der Waals surface area contributed by atoms with Gasteiger partial charge in [0.25, 0.3) is 0 Å². The van der Waals surface area contributed by atoms with Gasteiger partial charge in [-0.3, -0.25) is 0 Å². The van der Waals surface area contributed by atoms with Gasteiger partial charge in [0.15, 0.2) is 0 Å². The van der Waals surface area contributed by atoms with E-state index in [4.69, 9.17) is 29.4 Å². The molecule has 5 aromatic carbocycles. The fraction of sp³-hybridized carbons (Fsp3) is 0.549. The smallest absolute Gasteiger partial charge is 0.410 e. The maximum atomic E-state index is 12.9. The molecule has 0 bridgehead atoms. The number of nitrogens with zero attached hydrogens (tertiary/aromatic N) is 2. The fourth-order valence-corrected chi connectivity index (χ4v) is 15.2. The van der Waals surface area contributed by atoms with Crippen molar-refractivity contribution in [2.24, 2.45) is 5.73 Å². The zero-order valence-corrected chi connectivity index (χ0v) is 53.0. The Morgan fingerprint density at radius 2 is 0.811 bits per heavy atom. The minimum atomic E-state index is -3.41. The average Bonchev–Trinajstić information content (AvgIpc) is 2.12. The van der Waals surface area contributed by atoms with E-state index in [0.29, 0.717) is 56.6 Å². The highest BCUT2D eigenvalue weighted by atomic mass is 32.2. The summed E-state index contributed by atoms with van der Waals surface area (Å²) in [6.45, 7) is 3.70. The van der Waals surface area contributed by atoms with E-state index < -0.39 is 32.2 Å². The molecule has 0 aromatic heterocycles. The van der Waals surface area contributed by atoms with E-state index in [1.165, 1.54) is 22.9 Å². The summed E-state index contributed by atoms with van der Waals surface area (Å²) in [7, 11) is -6.58. The zero-order chi connectivity index (χ0) is 61.7. The normalized spacial score (nSPS) is 26.7. The molecule has 17 nitrogen and oxygen atoms in total. The monoisotopic (exact) mass is 1280 g/mol. The molecule has 6 fully saturated rings. The van der Waals surface area contributed by atoms with Crippen LogP contribution in [0.1, 0.15) is 158 Å². The Labute approximate surface area is 539 Å². The van der Waals surface area contributed by atoms with Crippen molar-refractivity contribution in [3.8, 4) is 0 Å². The van der Waals surface area contributed by atoms with Crippen molar-refractivity contribution in [1.29, 1.82) is 0 Å². The molecule has 3 saturated heterocycles. The van der Waals surface area contributed by atoms with E-state index in [1.54, 1.807) is 9.80 Å². The topological polar surface area (TPSA) is 217 Å². The van der Waals surface area contributed by atoms with Crippen molar-refractivity contribution >= 4 is 32.2 Å². The van der Waals surface area contributed by atoms with Gasteiger partial charge in [0.2, 0.25) is 20.0 Å². The van der Waals surface area contributed by atoms with Gasteiger partial charge in [-0.25, -0.2) is 35.9 Å². The van der Waals surface area contributed by atoms with Crippen LogP contribution in [0.4, 0.5) is 9.59 Å². The van der Waals surface area contributed by atoms with Crippen LogP contribution in [-0.4, -0.2) is 145 Å². The second-order valence-corrected chi connectivity index (χ2v) is 28.4. The Bertz CT molecular complexity index is 3090. The molecular formula is C71H103N6O11S2-. The highest BCUT2D eigenvalue weighted by Crippen LogP contribution is 2.37. The molecule has 0 radical (unpaired) electrons. The third-order valence-corrected chi connectivity index (χ3v) is 19.9. The van der Waals surface area contributed by atoms with Crippen molar-refractivity contribution in [3.05, 3.63) is 179 Å².